The van der Waals surface area contributed by atoms with Crippen LogP contribution in [0.2, 0.25) is 0 Å². The summed E-state index contributed by atoms with van der Waals surface area (Å²) in [4.78, 5) is 11.2. The van der Waals surface area contributed by atoms with Gasteiger partial charge in [-0.3, -0.25) is 9.48 Å². The summed E-state index contributed by atoms with van der Waals surface area (Å²) in [6.07, 6.45) is -1.71. The number of amides is 1. The number of hydrogen-bond donors (Lipinski definition) is 1. The Morgan fingerprint density at radius 2 is 2.05 bits per heavy atom. The monoisotopic (exact) mass is 299 g/mol. The highest BCUT2D eigenvalue weighted by molar-refractivity contribution is 5.94. The number of aryl methyl sites for hydroxylation is 1. The van der Waals surface area contributed by atoms with E-state index >= 15 is 0 Å². The van der Waals surface area contributed by atoms with Crippen LogP contribution in [0.25, 0.3) is 11.1 Å². The number of hydrogen-bond acceptors (Lipinski definition) is 3. The Hall–Kier alpha value is -2.51. The lowest BCUT2D eigenvalue weighted by Gasteiger charge is -2.11. The molecule has 0 saturated carbocycles. The van der Waals surface area contributed by atoms with Gasteiger partial charge in [-0.1, -0.05) is 0 Å². The van der Waals surface area contributed by atoms with Crippen LogP contribution in [0.15, 0.2) is 30.6 Å². The second kappa shape index (κ2) is 5.47. The standard InChI is InChI=1S/C13H12F3N3O2/c1-2-19-7-10(6-18-19)8-3-9(12(17)20)5-11(4-8)21-13(14,15)16/h3-7H,2H2,1H3,(H2,17,20). The minimum atomic E-state index is -4.85. The fourth-order valence-electron chi connectivity index (χ4n) is 1.79. The van der Waals surface area contributed by atoms with Crippen molar-refractivity contribution in [2.75, 3.05) is 0 Å². The molecule has 0 aliphatic rings. The molecule has 2 rings (SSSR count). The molecule has 0 saturated heterocycles. The second-order valence-electron chi connectivity index (χ2n) is 4.24. The summed E-state index contributed by atoms with van der Waals surface area (Å²) in [5.41, 5.74) is 5.98. The van der Waals surface area contributed by atoms with E-state index in [1.807, 2.05) is 6.92 Å². The summed E-state index contributed by atoms with van der Waals surface area (Å²) in [5, 5.41) is 4.03. The van der Waals surface area contributed by atoms with E-state index in [9.17, 15) is 18.0 Å². The SMILES string of the molecule is CCn1cc(-c2cc(OC(F)(F)F)cc(C(N)=O)c2)cn1. The van der Waals surface area contributed by atoms with E-state index in [2.05, 4.69) is 9.84 Å². The Morgan fingerprint density at radius 3 is 2.57 bits per heavy atom. The number of carbonyl (C=O) groups excluding carboxylic acids is 1. The first-order chi connectivity index (χ1) is 9.78. The number of halogens is 3. The van der Waals surface area contributed by atoms with Crippen LogP contribution in [-0.4, -0.2) is 22.1 Å². The molecule has 0 fully saturated rings. The molecule has 0 unspecified atom stereocenters. The first-order valence-electron chi connectivity index (χ1n) is 6.02. The van der Waals surface area contributed by atoms with Gasteiger partial charge in [-0.2, -0.15) is 5.10 Å². The van der Waals surface area contributed by atoms with Crippen molar-refractivity contribution in [2.24, 2.45) is 5.73 Å². The summed E-state index contributed by atoms with van der Waals surface area (Å²) in [6, 6.07) is 3.52. The Bertz CT molecular complexity index is 665. The highest BCUT2D eigenvalue weighted by atomic mass is 19.4. The zero-order valence-electron chi connectivity index (χ0n) is 11.0. The van der Waals surface area contributed by atoms with Crippen molar-refractivity contribution in [2.45, 2.75) is 19.8 Å². The van der Waals surface area contributed by atoms with E-state index in [1.165, 1.54) is 18.3 Å². The predicted octanol–water partition coefficient (Wildman–Crippen LogP) is 2.57. The maximum absolute atomic E-state index is 12.3. The molecule has 0 aliphatic carbocycles. The summed E-state index contributed by atoms with van der Waals surface area (Å²) in [6.45, 7) is 2.48. The van der Waals surface area contributed by atoms with Crippen molar-refractivity contribution in [1.29, 1.82) is 0 Å². The number of nitrogens with two attached hydrogens (primary N) is 1. The summed E-state index contributed by atoms with van der Waals surface area (Å²) in [5.74, 6) is -1.34. The molecule has 5 nitrogen and oxygen atoms in total. The van der Waals surface area contributed by atoms with E-state index < -0.39 is 18.0 Å². The number of alkyl halides is 3. The molecular formula is C13H12F3N3O2. The van der Waals surface area contributed by atoms with Crippen molar-refractivity contribution in [3.8, 4) is 16.9 Å². The largest absolute Gasteiger partial charge is 0.573 e. The number of primary amides is 1. The molecule has 0 atom stereocenters. The lowest BCUT2D eigenvalue weighted by molar-refractivity contribution is -0.274. The zero-order valence-corrected chi connectivity index (χ0v) is 11.0. The highest BCUT2D eigenvalue weighted by Crippen LogP contribution is 2.29. The number of carbonyl (C=O) groups is 1. The van der Waals surface area contributed by atoms with Gasteiger partial charge in [-0.15, -0.1) is 13.2 Å². The van der Waals surface area contributed by atoms with E-state index in [-0.39, 0.29) is 5.56 Å². The number of aromatic nitrogens is 2. The molecule has 0 spiro atoms. The molecule has 2 aromatic rings. The van der Waals surface area contributed by atoms with Crippen molar-refractivity contribution in [1.82, 2.24) is 9.78 Å². The first-order valence-corrected chi connectivity index (χ1v) is 6.02. The third-order valence-electron chi connectivity index (χ3n) is 2.72. The maximum Gasteiger partial charge on any atom is 0.573 e. The van der Waals surface area contributed by atoms with Gasteiger partial charge in [0.15, 0.2) is 0 Å². The molecule has 0 radical (unpaired) electrons. The molecule has 0 bridgehead atoms. The topological polar surface area (TPSA) is 70.1 Å². The molecule has 1 aromatic heterocycles. The van der Waals surface area contributed by atoms with Gasteiger partial charge in [0.25, 0.3) is 0 Å². The van der Waals surface area contributed by atoms with E-state index in [4.69, 9.17) is 5.73 Å². The van der Waals surface area contributed by atoms with Crippen molar-refractivity contribution in [3.63, 3.8) is 0 Å². The lowest BCUT2D eigenvalue weighted by Crippen LogP contribution is -2.18. The number of rotatable bonds is 4. The molecule has 2 N–H and O–H groups in total. The second-order valence-corrected chi connectivity index (χ2v) is 4.24. The number of benzene rings is 1. The van der Waals surface area contributed by atoms with Crippen molar-refractivity contribution in [3.05, 3.63) is 36.2 Å². The lowest BCUT2D eigenvalue weighted by atomic mass is 10.1. The van der Waals surface area contributed by atoms with Gasteiger partial charge in [0.05, 0.1) is 6.20 Å². The molecule has 1 aromatic carbocycles. The smallest absolute Gasteiger partial charge is 0.406 e. The van der Waals surface area contributed by atoms with Crippen LogP contribution in [-0.2, 0) is 6.54 Å². The Balaban J connectivity index is 2.47. The quantitative estimate of drug-likeness (QED) is 0.943. The average Bonchev–Trinajstić information content (AvgIpc) is 2.85. The Morgan fingerprint density at radius 1 is 1.33 bits per heavy atom. The van der Waals surface area contributed by atoms with Gasteiger partial charge < -0.3 is 10.5 Å². The van der Waals surface area contributed by atoms with Crippen LogP contribution >= 0.6 is 0 Å². The van der Waals surface area contributed by atoms with Crippen molar-refractivity contribution < 1.29 is 22.7 Å². The minimum absolute atomic E-state index is 0.0731. The Kier molecular flexibility index (Phi) is 3.88. The van der Waals surface area contributed by atoms with Crippen LogP contribution in [0.3, 0.4) is 0 Å². The predicted molar refractivity (Wildman–Crippen MR) is 68.5 cm³/mol. The third kappa shape index (κ3) is 3.74. The summed E-state index contributed by atoms with van der Waals surface area (Å²) >= 11 is 0. The zero-order chi connectivity index (χ0) is 15.6. The molecule has 21 heavy (non-hydrogen) atoms. The molecule has 1 amide bonds. The molecule has 1 heterocycles. The molecular weight excluding hydrogens is 287 g/mol. The van der Waals surface area contributed by atoms with Gasteiger partial charge in [-0.05, 0) is 30.7 Å². The van der Waals surface area contributed by atoms with Gasteiger partial charge >= 0.3 is 6.36 Å². The van der Waals surface area contributed by atoms with Gasteiger partial charge in [0, 0.05) is 23.9 Å². The van der Waals surface area contributed by atoms with E-state index in [0.717, 1.165) is 6.07 Å². The molecule has 0 aliphatic heterocycles. The normalized spacial score (nSPS) is 11.4. The average molecular weight is 299 g/mol. The van der Waals surface area contributed by atoms with E-state index in [0.29, 0.717) is 17.7 Å². The Labute approximate surface area is 118 Å². The van der Waals surface area contributed by atoms with Crippen LogP contribution in [0.4, 0.5) is 13.2 Å². The number of ether oxygens (including phenoxy) is 1. The maximum atomic E-state index is 12.3. The minimum Gasteiger partial charge on any atom is -0.406 e. The van der Waals surface area contributed by atoms with Crippen LogP contribution < -0.4 is 10.5 Å². The van der Waals surface area contributed by atoms with Crippen LogP contribution in [0.5, 0.6) is 5.75 Å². The number of nitrogens with zero attached hydrogens (tertiary/aromatic N) is 2. The molecule has 8 heteroatoms. The third-order valence-corrected chi connectivity index (χ3v) is 2.72. The van der Waals surface area contributed by atoms with E-state index in [1.54, 1.807) is 10.9 Å². The summed E-state index contributed by atoms with van der Waals surface area (Å²) < 4.78 is 42.4. The van der Waals surface area contributed by atoms with Gasteiger partial charge in [-0.25, -0.2) is 0 Å². The molecule has 112 valence electrons. The summed E-state index contributed by atoms with van der Waals surface area (Å²) in [7, 11) is 0. The van der Waals surface area contributed by atoms with Gasteiger partial charge in [0.1, 0.15) is 5.75 Å². The fraction of sp³-hybridized carbons (Fsp3) is 0.231. The van der Waals surface area contributed by atoms with Gasteiger partial charge in [0.2, 0.25) is 5.91 Å². The van der Waals surface area contributed by atoms with Crippen LogP contribution in [0.1, 0.15) is 17.3 Å². The van der Waals surface area contributed by atoms with Crippen LogP contribution in [0, 0.1) is 0 Å². The van der Waals surface area contributed by atoms with Crippen molar-refractivity contribution >= 4 is 5.91 Å². The first kappa shape index (κ1) is 14.9. The fourth-order valence-corrected chi connectivity index (χ4v) is 1.79. The highest BCUT2D eigenvalue weighted by Gasteiger charge is 2.31.